The third-order valence-electron chi connectivity index (χ3n) is 3.53. The number of carbonyl (C=O) groups is 1. The molecule has 0 aromatic rings. The third kappa shape index (κ3) is 2.01. The zero-order valence-corrected chi connectivity index (χ0v) is 9.93. The number of hydrogen-bond acceptors (Lipinski definition) is 4. The van der Waals surface area contributed by atoms with Gasteiger partial charge in [0.1, 0.15) is 6.61 Å². The summed E-state index contributed by atoms with van der Waals surface area (Å²) < 4.78 is 4.99. The topological polar surface area (TPSA) is 53.0 Å². The van der Waals surface area contributed by atoms with Crippen LogP contribution in [0.4, 0.5) is 4.79 Å². The van der Waals surface area contributed by atoms with Crippen LogP contribution < -0.4 is 0 Å². The van der Waals surface area contributed by atoms with Crippen molar-refractivity contribution in [3.05, 3.63) is 0 Å². The number of aliphatic hydroxyl groups excluding tert-OH is 1. The minimum Gasteiger partial charge on any atom is -0.447 e. The molecule has 1 amide bonds. The van der Waals surface area contributed by atoms with Crippen LogP contribution >= 0.6 is 0 Å². The van der Waals surface area contributed by atoms with Gasteiger partial charge in [0.15, 0.2) is 0 Å². The first-order chi connectivity index (χ1) is 7.63. The largest absolute Gasteiger partial charge is 0.447 e. The van der Waals surface area contributed by atoms with E-state index in [4.69, 9.17) is 4.74 Å². The molecule has 0 aliphatic carbocycles. The van der Waals surface area contributed by atoms with Crippen LogP contribution in [-0.4, -0.2) is 65.4 Å². The second-order valence-corrected chi connectivity index (χ2v) is 4.85. The molecule has 2 atom stereocenters. The normalized spacial score (nSPS) is 31.5. The summed E-state index contributed by atoms with van der Waals surface area (Å²) in [5.74, 6) is 0. The molecule has 16 heavy (non-hydrogen) atoms. The summed E-state index contributed by atoms with van der Waals surface area (Å²) in [6.45, 7) is 6.55. The van der Waals surface area contributed by atoms with E-state index in [-0.39, 0.29) is 24.8 Å². The molecule has 0 aromatic heterocycles. The van der Waals surface area contributed by atoms with Crippen molar-refractivity contribution >= 4 is 6.09 Å². The number of amides is 1. The highest BCUT2D eigenvalue weighted by atomic mass is 16.6. The molecule has 2 heterocycles. The van der Waals surface area contributed by atoms with Crippen LogP contribution in [-0.2, 0) is 4.74 Å². The number of likely N-dealkylation sites (tertiary alicyclic amines) is 1. The lowest BCUT2D eigenvalue weighted by Crippen LogP contribution is -2.45. The Morgan fingerprint density at radius 2 is 2.31 bits per heavy atom. The molecule has 0 saturated carbocycles. The quantitative estimate of drug-likeness (QED) is 0.754. The highest BCUT2D eigenvalue weighted by Gasteiger charge is 2.40. The van der Waals surface area contributed by atoms with Crippen LogP contribution in [0.5, 0.6) is 0 Å². The number of rotatable bonds is 3. The van der Waals surface area contributed by atoms with Crippen molar-refractivity contribution in [2.75, 3.05) is 26.3 Å². The van der Waals surface area contributed by atoms with Gasteiger partial charge in [-0.3, -0.25) is 9.80 Å². The first-order valence-corrected chi connectivity index (χ1v) is 5.93. The van der Waals surface area contributed by atoms with Crippen LogP contribution in [0.2, 0.25) is 0 Å². The standard InChI is InChI=1S/C11H20N2O3/c1-8(2)12-4-3-9(5-12)13-10(6-14)7-16-11(13)15/h8-10,14H,3-7H2,1-2H3. The molecule has 5 nitrogen and oxygen atoms in total. The number of aliphatic hydroxyl groups is 1. The molecule has 92 valence electrons. The van der Waals surface area contributed by atoms with E-state index in [0.29, 0.717) is 12.6 Å². The Morgan fingerprint density at radius 3 is 2.88 bits per heavy atom. The maximum Gasteiger partial charge on any atom is 0.410 e. The lowest BCUT2D eigenvalue weighted by molar-refractivity contribution is 0.128. The smallest absolute Gasteiger partial charge is 0.410 e. The van der Waals surface area contributed by atoms with E-state index in [9.17, 15) is 9.90 Å². The Bertz CT molecular complexity index is 270. The van der Waals surface area contributed by atoms with E-state index in [2.05, 4.69) is 18.7 Å². The van der Waals surface area contributed by atoms with Crippen molar-refractivity contribution in [3.63, 3.8) is 0 Å². The number of nitrogens with zero attached hydrogens (tertiary/aromatic N) is 2. The Hall–Kier alpha value is -0.810. The van der Waals surface area contributed by atoms with E-state index < -0.39 is 0 Å². The summed E-state index contributed by atoms with van der Waals surface area (Å²) >= 11 is 0. The van der Waals surface area contributed by atoms with Gasteiger partial charge in [-0.25, -0.2) is 4.79 Å². The molecule has 5 heteroatoms. The lowest BCUT2D eigenvalue weighted by atomic mass is 10.2. The van der Waals surface area contributed by atoms with Crippen molar-refractivity contribution in [1.29, 1.82) is 0 Å². The Kier molecular flexibility index (Phi) is 3.35. The number of cyclic esters (lactones) is 1. The fraction of sp³-hybridized carbons (Fsp3) is 0.909. The Labute approximate surface area is 96.0 Å². The summed E-state index contributed by atoms with van der Waals surface area (Å²) in [4.78, 5) is 15.7. The van der Waals surface area contributed by atoms with Crippen LogP contribution in [0.1, 0.15) is 20.3 Å². The minimum absolute atomic E-state index is 0.0100. The predicted molar refractivity (Wildman–Crippen MR) is 59.2 cm³/mol. The second kappa shape index (κ2) is 4.59. The van der Waals surface area contributed by atoms with Crippen LogP contribution in [0, 0.1) is 0 Å². The highest BCUT2D eigenvalue weighted by molar-refractivity contribution is 5.70. The van der Waals surface area contributed by atoms with Gasteiger partial charge in [-0.1, -0.05) is 0 Å². The summed E-state index contributed by atoms with van der Waals surface area (Å²) in [7, 11) is 0. The molecule has 2 unspecified atom stereocenters. The zero-order chi connectivity index (χ0) is 11.7. The van der Waals surface area contributed by atoms with Crippen molar-refractivity contribution in [2.24, 2.45) is 0 Å². The lowest BCUT2D eigenvalue weighted by Gasteiger charge is -2.27. The van der Waals surface area contributed by atoms with Crippen molar-refractivity contribution < 1.29 is 14.6 Å². The maximum atomic E-state index is 11.6. The number of hydrogen-bond donors (Lipinski definition) is 1. The van der Waals surface area contributed by atoms with E-state index >= 15 is 0 Å². The molecule has 0 spiro atoms. The predicted octanol–water partition coefficient (Wildman–Crippen LogP) is 0.282. The first kappa shape index (κ1) is 11.7. The molecule has 2 aliphatic heterocycles. The molecule has 0 bridgehead atoms. The summed E-state index contributed by atoms with van der Waals surface area (Å²) in [5, 5.41) is 9.20. The van der Waals surface area contributed by atoms with Crippen molar-refractivity contribution in [3.8, 4) is 0 Å². The van der Waals surface area contributed by atoms with E-state index in [1.807, 2.05) is 0 Å². The molecular weight excluding hydrogens is 208 g/mol. The van der Waals surface area contributed by atoms with Gasteiger partial charge in [0.2, 0.25) is 0 Å². The SMILES string of the molecule is CC(C)N1CCC(N2C(=O)OCC2CO)C1. The van der Waals surface area contributed by atoms with E-state index in [1.54, 1.807) is 4.90 Å². The highest BCUT2D eigenvalue weighted by Crippen LogP contribution is 2.24. The molecule has 0 aromatic carbocycles. The summed E-state index contributed by atoms with van der Waals surface area (Å²) in [5.41, 5.74) is 0. The molecule has 2 aliphatic rings. The third-order valence-corrected chi connectivity index (χ3v) is 3.53. The van der Waals surface area contributed by atoms with Gasteiger partial charge in [-0.15, -0.1) is 0 Å². The van der Waals surface area contributed by atoms with Gasteiger partial charge in [0.05, 0.1) is 12.6 Å². The van der Waals surface area contributed by atoms with Crippen molar-refractivity contribution in [2.45, 2.75) is 38.4 Å². The molecule has 2 saturated heterocycles. The van der Waals surface area contributed by atoms with Crippen molar-refractivity contribution in [1.82, 2.24) is 9.80 Å². The average molecular weight is 228 g/mol. The number of ether oxygens (including phenoxy) is 1. The Balaban J connectivity index is 2.00. The first-order valence-electron chi connectivity index (χ1n) is 5.93. The maximum absolute atomic E-state index is 11.6. The van der Waals surface area contributed by atoms with Gasteiger partial charge in [0, 0.05) is 25.2 Å². The zero-order valence-electron chi connectivity index (χ0n) is 9.93. The Morgan fingerprint density at radius 1 is 1.56 bits per heavy atom. The second-order valence-electron chi connectivity index (χ2n) is 4.85. The summed E-state index contributed by atoms with van der Waals surface area (Å²) in [6, 6.07) is 0.565. The van der Waals surface area contributed by atoms with Gasteiger partial charge in [-0.2, -0.15) is 0 Å². The molecule has 2 fully saturated rings. The van der Waals surface area contributed by atoms with Gasteiger partial charge >= 0.3 is 6.09 Å². The van der Waals surface area contributed by atoms with E-state index in [0.717, 1.165) is 19.5 Å². The molecule has 2 rings (SSSR count). The van der Waals surface area contributed by atoms with Crippen LogP contribution in [0.15, 0.2) is 0 Å². The monoisotopic (exact) mass is 228 g/mol. The van der Waals surface area contributed by atoms with Gasteiger partial charge in [-0.05, 0) is 20.3 Å². The molecule has 0 radical (unpaired) electrons. The summed E-state index contributed by atoms with van der Waals surface area (Å²) in [6.07, 6.45) is 0.707. The fourth-order valence-corrected chi connectivity index (χ4v) is 2.52. The van der Waals surface area contributed by atoms with Crippen LogP contribution in [0.3, 0.4) is 0 Å². The fourth-order valence-electron chi connectivity index (χ4n) is 2.52. The van der Waals surface area contributed by atoms with Gasteiger partial charge < -0.3 is 9.84 Å². The molecule has 1 N–H and O–H groups in total. The van der Waals surface area contributed by atoms with Gasteiger partial charge in [0.25, 0.3) is 0 Å². The number of carbonyl (C=O) groups excluding carboxylic acids is 1. The molecular formula is C11H20N2O3. The minimum atomic E-state index is -0.269. The van der Waals surface area contributed by atoms with Crippen LogP contribution in [0.25, 0.3) is 0 Å². The van der Waals surface area contributed by atoms with E-state index in [1.165, 1.54) is 0 Å². The average Bonchev–Trinajstić information content (AvgIpc) is 2.83.